The van der Waals surface area contributed by atoms with E-state index in [1.807, 2.05) is 0 Å². The molecule has 1 fully saturated rings. The number of hydrogen-bond donors (Lipinski definition) is 1. The number of ether oxygens (including phenoxy) is 1. The van der Waals surface area contributed by atoms with Gasteiger partial charge in [0.2, 0.25) is 5.91 Å². The zero-order chi connectivity index (χ0) is 8.10. The number of hydrogen-bond acceptors (Lipinski definition) is 2. The van der Waals surface area contributed by atoms with Crippen LogP contribution in [0.15, 0.2) is 0 Å². The predicted octanol–water partition coefficient (Wildman–Crippen LogP) is 0.692. The summed E-state index contributed by atoms with van der Waals surface area (Å²) < 4.78 is 5.38. The van der Waals surface area contributed by atoms with Crippen LogP contribution in [0, 0.1) is 0 Å². The van der Waals surface area contributed by atoms with Gasteiger partial charge < -0.3 is 10.1 Å². The van der Waals surface area contributed by atoms with Crippen LogP contribution in [0.2, 0.25) is 0 Å². The number of carbonyl (C=O) groups is 1. The van der Waals surface area contributed by atoms with Gasteiger partial charge in [-0.25, -0.2) is 0 Å². The third kappa shape index (κ3) is 3.37. The summed E-state index contributed by atoms with van der Waals surface area (Å²) in [5.41, 5.74) is 0. The van der Waals surface area contributed by atoms with Crippen LogP contribution in [0.1, 0.15) is 26.2 Å². The van der Waals surface area contributed by atoms with E-state index in [1.165, 1.54) is 13.3 Å². The fraction of sp³-hybridized carbons (Fsp3) is 0.875. The van der Waals surface area contributed by atoms with Crippen molar-refractivity contribution in [2.75, 3.05) is 13.2 Å². The van der Waals surface area contributed by atoms with E-state index in [0.29, 0.717) is 6.10 Å². The quantitative estimate of drug-likeness (QED) is 0.654. The predicted molar refractivity (Wildman–Crippen MR) is 42.3 cm³/mol. The Labute approximate surface area is 67.1 Å². The lowest BCUT2D eigenvalue weighted by Crippen LogP contribution is -2.24. The molecule has 1 aliphatic heterocycles. The first-order valence-corrected chi connectivity index (χ1v) is 4.15. The summed E-state index contributed by atoms with van der Waals surface area (Å²) in [6, 6.07) is 0. The van der Waals surface area contributed by atoms with Gasteiger partial charge in [-0.3, -0.25) is 4.79 Å². The second-order valence-corrected chi connectivity index (χ2v) is 2.91. The fourth-order valence-electron chi connectivity index (χ4n) is 1.28. The van der Waals surface area contributed by atoms with Crippen LogP contribution in [0.25, 0.3) is 0 Å². The van der Waals surface area contributed by atoms with Crippen molar-refractivity contribution in [3.05, 3.63) is 0 Å². The molecule has 0 spiro atoms. The van der Waals surface area contributed by atoms with Crippen LogP contribution in [0.3, 0.4) is 0 Å². The summed E-state index contributed by atoms with van der Waals surface area (Å²) in [7, 11) is 0. The highest BCUT2D eigenvalue weighted by atomic mass is 16.5. The summed E-state index contributed by atoms with van der Waals surface area (Å²) in [5, 5.41) is 2.75. The average molecular weight is 157 g/mol. The third-order valence-electron chi connectivity index (χ3n) is 1.86. The van der Waals surface area contributed by atoms with Gasteiger partial charge in [-0.05, 0) is 19.3 Å². The van der Waals surface area contributed by atoms with Crippen molar-refractivity contribution in [1.82, 2.24) is 5.32 Å². The molecule has 1 amide bonds. The maximum atomic E-state index is 10.5. The van der Waals surface area contributed by atoms with Gasteiger partial charge in [-0.2, -0.15) is 0 Å². The lowest BCUT2D eigenvalue weighted by molar-refractivity contribution is -0.119. The Hall–Kier alpha value is -0.570. The third-order valence-corrected chi connectivity index (χ3v) is 1.86. The smallest absolute Gasteiger partial charge is 0.216 e. The number of carbonyl (C=O) groups excluding carboxylic acids is 1. The van der Waals surface area contributed by atoms with E-state index in [2.05, 4.69) is 5.32 Å². The second kappa shape index (κ2) is 4.34. The van der Waals surface area contributed by atoms with E-state index >= 15 is 0 Å². The molecule has 1 N–H and O–H groups in total. The maximum Gasteiger partial charge on any atom is 0.216 e. The molecule has 1 heterocycles. The van der Waals surface area contributed by atoms with E-state index in [0.717, 1.165) is 26.0 Å². The number of amides is 1. The van der Waals surface area contributed by atoms with Gasteiger partial charge in [0.1, 0.15) is 0 Å². The molecule has 0 aromatic rings. The molecule has 0 aliphatic carbocycles. The molecule has 1 atom stereocenters. The Morgan fingerprint density at radius 1 is 1.73 bits per heavy atom. The van der Waals surface area contributed by atoms with E-state index < -0.39 is 0 Å². The van der Waals surface area contributed by atoms with Crippen molar-refractivity contribution >= 4 is 5.91 Å². The minimum Gasteiger partial charge on any atom is -0.378 e. The molecule has 64 valence electrons. The summed E-state index contributed by atoms with van der Waals surface area (Å²) >= 11 is 0. The van der Waals surface area contributed by atoms with E-state index in [1.54, 1.807) is 0 Å². The van der Waals surface area contributed by atoms with Crippen LogP contribution in [-0.4, -0.2) is 25.2 Å². The molecule has 0 aromatic heterocycles. The van der Waals surface area contributed by atoms with Crippen molar-refractivity contribution in [2.45, 2.75) is 32.3 Å². The Kier molecular flexibility index (Phi) is 3.36. The molecule has 1 unspecified atom stereocenters. The van der Waals surface area contributed by atoms with Crippen molar-refractivity contribution < 1.29 is 9.53 Å². The molecule has 0 aromatic carbocycles. The summed E-state index contributed by atoms with van der Waals surface area (Å²) in [4.78, 5) is 10.5. The van der Waals surface area contributed by atoms with Gasteiger partial charge in [-0.15, -0.1) is 0 Å². The molecular weight excluding hydrogens is 142 g/mol. The van der Waals surface area contributed by atoms with Gasteiger partial charge in [0.05, 0.1) is 6.10 Å². The van der Waals surface area contributed by atoms with Crippen LogP contribution in [0.4, 0.5) is 0 Å². The minimum atomic E-state index is 0.0444. The molecule has 3 nitrogen and oxygen atoms in total. The van der Waals surface area contributed by atoms with Gasteiger partial charge in [0.15, 0.2) is 0 Å². The minimum absolute atomic E-state index is 0.0444. The second-order valence-electron chi connectivity index (χ2n) is 2.91. The number of nitrogens with one attached hydrogen (secondary N) is 1. The molecule has 0 saturated carbocycles. The number of rotatable bonds is 3. The van der Waals surface area contributed by atoms with Crippen LogP contribution in [0.5, 0.6) is 0 Å². The van der Waals surface area contributed by atoms with Crippen LogP contribution in [-0.2, 0) is 9.53 Å². The van der Waals surface area contributed by atoms with E-state index in [-0.39, 0.29) is 5.91 Å². The van der Waals surface area contributed by atoms with Crippen LogP contribution >= 0.6 is 0 Å². The summed E-state index contributed by atoms with van der Waals surface area (Å²) in [6.45, 7) is 3.18. The molecule has 11 heavy (non-hydrogen) atoms. The highest BCUT2D eigenvalue weighted by Crippen LogP contribution is 2.14. The van der Waals surface area contributed by atoms with Crippen LogP contribution < -0.4 is 5.32 Å². The average Bonchev–Trinajstić information content (AvgIpc) is 2.39. The zero-order valence-electron chi connectivity index (χ0n) is 6.93. The standard InChI is InChI=1S/C8H15NO2/c1-7(10)9-5-4-8-3-2-6-11-8/h8H,2-6H2,1H3,(H,9,10). The highest BCUT2D eigenvalue weighted by Gasteiger charge is 2.14. The topological polar surface area (TPSA) is 38.3 Å². The largest absolute Gasteiger partial charge is 0.378 e. The molecule has 0 radical (unpaired) electrons. The Morgan fingerprint density at radius 3 is 3.09 bits per heavy atom. The maximum absolute atomic E-state index is 10.5. The van der Waals surface area contributed by atoms with Gasteiger partial charge in [-0.1, -0.05) is 0 Å². The lowest BCUT2D eigenvalue weighted by Gasteiger charge is -2.08. The van der Waals surface area contributed by atoms with E-state index in [4.69, 9.17) is 4.74 Å². The first-order valence-electron chi connectivity index (χ1n) is 4.15. The van der Waals surface area contributed by atoms with Crippen molar-refractivity contribution in [3.63, 3.8) is 0 Å². The lowest BCUT2D eigenvalue weighted by atomic mass is 10.2. The summed E-state index contributed by atoms with van der Waals surface area (Å²) in [5.74, 6) is 0.0444. The molecule has 0 bridgehead atoms. The van der Waals surface area contributed by atoms with Gasteiger partial charge in [0, 0.05) is 20.1 Å². The Morgan fingerprint density at radius 2 is 2.55 bits per heavy atom. The normalized spacial score (nSPS) is 23.5. The SMILES string of the molecule is CC(=O)NCCC1CCCO1. The zero-order valence-corrected chi connectivity index (χ0v) is 6.93. The highest BCUT2D eigenvalue weighted by molar-refractivity contribution is 5.72. The Bertz CT molecular complexity index is 130. The van der Waals surface area contributed by atoms with Crippen molar-refractivity contribution in [2.24, 2.45) is 0 Å². The molecule has 1 saturated heterocycles. The van der Waals surface area contributed by atoms with E-state index in [9.17, 15) is 4.79 Å². The Balaban J connectivity index is 1.98. The molecule has 1 rings (SSSR count). The van der Waals surface area contributed by atoms with Gasteiger partial charge >= 0.3 is 0 Å². The first-order chi connectivity index (χ1) is 5.29. The van der Waals surface area contributed by atoms with Crippen molar-refractivity contribution in [3.8, 4) is 0 Å². The monoisotopic (exact) mass is 157 g/mol. The fourth-order valence-corrected chi connectivity index (χ4v) is 1.28. The molecule has 1 aliphatic rings. The molecular formula is C8H15NO2. The molecule has 3 heteroatoms. The summed E-state index contributed by atoms with van der Waals surface area (Å²) in [6.07, 6.45) is 3.67. The van der Waals surface area contributed by atoms with Crippen molar-refractivity contribution in [1.29, 1.82) is 0 Å². The van der Waals surface area contributed by atoms with Gasteiger partial charge in [0.25, 0.3) is 0 Å². The first kappa shape index (κ1) is 8.53.